The van der Waals surface area contributed by atoms with Crippen LogP contribution in [0.4, 0.5) is 5.69 Å². The minimum absolute atomic E-state index is 0.0789. The first-order chi connectivity index (χ1) is 7.12. The Kier molecular flexibility index (Phi) is 1.58. The molecule has 1 spiro atoms. The summed E-state index contributed by atoms with van der Waals surface area (Å²) in [6, 6.07) is 1.59. The van der Waals surface area contributed by atoms with E-state index in [-0.39, 0.29) is 11.8 Å². The van der Waals surface area contributed by atoms with Crippen molar-refractivity contribution in [2.75, 3.05) is 5.32 Å². The van der Waals surface area contributed by atoms with Gasteiger partial charge in [-0.3, -0.25) is 4.79 Å². The number of carbonyl (C=O) groups excluding carboxylic acids is 1. The molecular weight excluding hydrogens is 216 g/mol. The van der Waals surface area contributed by atoms with Crippen LogP contribution in [0.15, 0.2) is 12.3 Å². The first-order valence-electron chi connectivity index (χ1n) is 4.78. The second-order valence-corrected chi connectivity index (χ2v) is 4.44. The molecule has 1 aromatic rings. The Bertz CT molecular complexity index is 463. The normalized spacial score (nSPS) is 31.9. The Hall–Kier alpha value is -1.29. The summed E-state index contributed by atoms with van der Waals surface area (Å²) in [5.74, 6) is 0.787. The van der Waals surface area contributed by atoms with E-state index in [1.807, 2.05) is 6.92 Å². The van der Waals surface area contributed by atoms with Crippen LogP contribution in [0, 0.1) is 5.92 Å². The van der Waals surface area contributed by atoms with Crippen molar-refractivity contribution in [3.05, 3.63) is 17.4 Å². The number of hydrogen-bond donors (Lipinski definition) is 1. The molecule has 1 fully saturated rings. The monoisotopic (exact) mass is 224 g/mol. The van der Waals surface area contributed by atoms with Crippen LogP contribution in [0.1, 0.15) is 13.3 Å². The highest BCUT2D eigenvalue weighted by molar-refractivity contribution is 6.29. The predicted octanol–water partition coefficient (Wildman–Crippen LogP) is 1.84. The average Bonchev–Trinajstić information content (AvgIpc) is 2.81. The largest absolute Gasteiger partial charge is 0.473 e. The Morgan fingerprint density at radius 3 is 3.13 bits per heavy atom. The molecule has 0 bridgehead atoms. The number of anilines is 1. The molecule has 15 heavy (non-hydrogen) atoms. The van der Waals surface area contributed by atoms with E-state index < -0.39 is 5.60 Å². The number of halogens is 1. The van der Waals surface area contributed by atoms with Crippen LogP contribution in [0.2, 0.25) is 5.15 Å². The average molecular weight is 225 g/mol. The molecule has 1 aliphatic heterocycles. The zero-order valence-corrected chi connectivity index (χ0v) is 8.84. The van der Waals surface area contributed by atoms with Crippen LogP contribution in [0.25, 0.3) is 0 Å². The van der Waals surface area contributed by atoms with Crippen molar-refractivity contribution >= 4 is 23.2 Å². The number of amides is 1. The molecule has 5 heteroatoms. The number of rotatable bonds is 0. The fourth-order valence-electron chi connectivity index (χ4n) is 1.92. The second-order valence-electron chi connectivity index (χ2n) is 4.05. The maximum absolute atomic E-state index is 11.8. The van der Waals surface area contributed by atoms with Gasteiger partial charge in [-0.2, -0.15) is 0 Å². The molecule has 0 aromatic carbocycles. The van der Waals surface area contributed by atoms with Crippen molar-refractivity contribution in [1.29, 1.82) is 0 Å². The molecule has 3 rings (SSSR count). The molecule has 1 saturated carbocycles. The first kappa shape index (κ1) is 8.97. The van der Waals surface area contributed by atoms with Crippen molar-refractivity contribution in [1.82, 2.24) is 4.98 Å². The Labute approximate surface area is 91.6 Å². The highest BCUT2D eigenvalue weighted by atomic mass is 35.5. The fourth-order valence-corrected chi connectivity index (χ4v) is 2.08. The van der Waals surface area contributed by atoms with E-state index in [1.54, 1.807) is 12.3 Å². The summed E-state index contributed by atoms with van der Waals surface area (Å²) in [6.45, 7) is 1.99. The van der Waals surface area contributed by atoms with Crippen molar-refractivity contribution in [3.63, 3.8) is 0 Å². The van der Waals surface area contributed by atoms with Crippen LogP contribution in [0.5, 0.6) is 5.75 Å². The summed E-state index contributed by atoms with van der Waals surface area (Å²) in [5, 5.41) is 3.14. The molecular formula is C10H9ClN2O2. The Balaban J connectivity index is 2.04. The van der Waals surface area contributed by atoms with Gasteiger partial charge >= 0.3 is 0 Å². The molecule has 2 unspecified atom stereocenters. The predicted molar refractivity (Wildman–Crippen MR) is 55.0 cm³/mol. The van der Waals surface area contributed by atoms with Crippen molar-refractivity contribution in [2.24, 2.45) is 5.92 Å². The summed E-state index contributed by atoms with van der Waals surface area (Å²) in [4.78, 5) is 15.7. The van der Waals surface area contributed by atoms with Gasteiger partial charge in [0.15, 0.2) is 11.4 Å². The number of pyridine rings is 1. The molecule has 1 N–H and O–H groups in total. The van der Waals surface area contributed by atoms with Crippen molar-refractivity contribution in [2.45, 2.75) is 18.9 Å². The quantitative estimate of drug-likeness (QED) is 0.685. The van der Waals surface area contributed by atoms with Gasteiger partial charge in [0.2, 0.25) is 0 Å². The first-order valence-corrected chi connectivity index (χ1v) is 5.15. The molecule has 0 radical (unpaired) electrons. The van der Waals surface area contributed by atoms with Gasteiger partial charge in [-0.05, 0) is 0 Å². The van der Waals surface area contributed by atoms with E-state index in [0.717, 1.165) is 6.42 Å². The van der Waals surface area contributed by atoms with Gasteiger partial charge in [-0.25, -0.2) is 4.98 Å². The van der Waals surface area contributed by atoms with Gasteiger partial charge in [0.05, 0.1) is 11.9 Å². The Morgan fingerprint density at radius 2 is 2.47 bits per heavy atom. The number of aromatic nitrogens is 1. The van der Waals surface area contributed by atoms with E-state index in [2.05, 4.69) is 10.3 Å². The number of nitrogens with one attached hydrogen (secondary N) is 1. The van der Waals surface area contributed by atoms with E-state index in [9.17, 15) is 4.79 Å². The molecule has 78 valence electrons. The maximum atomic E-state index is 11.8. The van der Waals surface area contributed by atoms with E-state index in [1.165, 1.54) is 0 Å². The zero-order chi connectivity index (χ0) is 10.6. The molecule has 2 aliphatic rings. The number of fused-ring (bicyclic) bond motifs is 1. The lowest BCUT2D eigenvalue weighted by Gasteiger charge is -2.26. The number of hydrogen-bond acceptors (Lipinski definition) is 3. The molecule has 1 aromatic heterocycles. The van der Waals surface area contributed by atoms with E-state index >= 15 is 0 Å². The minimum Gasteiger partial charge on any atom is -0.473 e. The zero-order valence-electron chi connectivity index (χ0n) is 8.08. The van der Waals surface area contributed by atoms with Crippen LogP contribution in [-0.4, -0.2) is 16.5 Å². The summed E-state index contributed by atoms with van der Waals surface area (Å²) in [6.07, 6.45) is 2.31. The standard InChI is InChI=1S/C10H9ClN2O2/c1-5-3-10(5)9(14)13-6-2-8(11)12-4-7(6)15-10/h2,4-5H,3H2,1H3,(H,13,14). The molecule has 2 heterocycles. The summed E-state index contributed by atoms with van der Waals surface area (Å²) < 4.78 is 5.68. The molecule has 1 amide bonds. The highest BCUT2D eigenvalue weighted by Gasteiger charge is 2.62. The summed E-state index contributed by atoms with van der Waals surface area (Å²) in [7, 11) is 0. The van der Waals surface area contributed by atoms with Crippen molar-refractivity contribution in [3.8, 4) is 5.75 Å². The molecule has 1 aliphatic carbocycles. The SMILES string of the molecule is CC1CC12Oc1cnc(Cl)cc1NC2=O. The third-order valence-corrected chi connectivity index (χ3v) is 3.21. The smallest absolute Gasteiger partial charge is 0.268 e. The lowest BCUT2D eigenvalue weighted by Crippen LogP contribution is -2.40. The van der Waals surface area contributed by atoms with E-state index in [4.69, 9.17) is 16.3 Å². The van der Waals surface area contributed by atoms with Gasteiger partial charge in [0.1, 0.15) is 5.15 Å². The Morgan fingerprint density at radius 1 is 1.73 bits per heavy atom. The van der Waals surface area contributed by atoms with Gasteiger partial charge in [0.25, 0.3) is 5.91 Å². The molecule has 0 saturated heterocycles. The number of ether oxygens (including phenoxy) is 1. The van der Waals surface area contributed by atoms with Crippen molar-refractivity contribution < 1.29 is 9.53 Å². The molecule has 2 atom stereocenters. The third-order valence-electron chi connectivity index (χ3n) is 3.00. The van der Waals surface area contributed by atoms with Crippen LogP contribution in [0.3, 0.4) is 0 Å². The van der Waals surface area contributed by atoms with E-state index in [0.29, 0.717) is 16.6 Å². The maximum Gasteiger partial charge on any atom is 0.268 e. The summed E-state index contributed by atoms with van der Waals surface area (Å²) in [5.41, 5.74) is -0.0487. The van der Waals surface area contributed by atoms with Gasteiger partial charge in [-0.1, -0.05) is 18.5 Å². The van der Waals surface area contributed by atoms with Gasteiger partial charge in [-0.15, -0.1) is 0 Å². The lowest BCUT2D eigenvalue weighted by molar-refractivity contribution is -0.126. The highest BCUT2D eigenvalue weighted by Crippen LogP contribution is 2.51. The van der Waals surface area contributed by atoms with Crippen LogP contribution >= 0.6 is 11.6 Å². The van der Waals surface area contributed by atoms with Crippen LogP contribution < -0.4 is 10.1 Å². The van der Waals surface area contributed by atoms with Gasteiger partial charge in [0, 0.05) is 18.4 Å². The lowest BCUT2D eigenvalue weighted by atomic mass is 10.2. The second kappa shape index (κ2) is 2.64. The minimum atomic E-state index is -0.650. The third kappa shape index (κ3) is 1.14. The van der Waals surface area contributed by atoms with Gasteiger partial charge < -0.3 is 10.1 Å². The topological polar surface area (TPSA) is 51.2 Å². The summed E-state index contributed by atoms with van der Waals surface area (Å²) >= 11 is 5.72. The number of nitrogens with zero attached hydrogens (tertiary/aromatic N) is 1. The molecule has 4 nitrogen and oxygen atoms in total. The fraction of sp³-hybridized carbons (Fsp3) is 0.400. The van der Waals surface area contributed by atoms with Crippen LogP contribution in [-0.2, 0) is 4.79 Å². The number of carbonyl (C=O) groups is 1.